The molecule has 0 spiro atoms. The zero-order valence-corrected chi connectivity index (χ0v) is 11.5. The van der Waals surface area contributed by atoms with Gasteiger partial charge in [0.15, 0.2) is 0 Å². The van der Waals surface area contributed by atoms with E-state index in [-0.39, 0.29) is 0 Å². The highest BCUT2D eigenvalue weighted by molar-refractivity contribution is 5.62. The number of piperidine rings is 1. The number of ether oxygens (including phenoxy) is 1. The predicted molar refractivity (Wildman–Crippen MR) is 77.3 cm³/mol. The lowest BCUT2D eigenvalue weighted by Gasteiger charge is -2.33. The number of anilines is 2. The molecule has 1 fully saturated rings. The quantitative estimate of drug-likeness (QED) is 0.831. The summed E-state index contributed by atoms with van der Waals surface area (Å²) in [5, 5.41) is 0. The third-order valence-corrected chi connectivity index (χ3v) is 3.89. The molecule has 2 N–H and O–H groups in total. The van der Waals surface area contributed by atoms with Crippen LogP contribution in [0.5, 0.6) is 5.75 Å². The summed E-state index contributed by atoms with van der Waals surface area (Å²) in [6, 6.07) is 6.08. The molecule has 0 amide bonds. The van der Waals surface area contributed by atoms with Crippen LogP contribution >= 0.6 is 0 Å². The van der Waals surface area contributed by atoms with Crippen molar-refractivity contribution in [3.8, 4) is 5.75 Å². The Balaban J connectivity index is 2.01. The Morgan fingerprint density at radius 2 is 2.06 bits per heavy atom. The molecule has 3 nitrogen and oxygen atoms in total. The predicted octanol–water partition coefficient (Wildman–Crippen LogP) is 3.29. The second kappa shape index (κ2) is 5.98. The van der Waals surface area contributed by atoms with Crippen LogP contribution in [0.25, 0.3) is 0 Å². The molecule has 0 unspecified atom stereocenters. The average molecular weight is 248 g/mol. The minimum atomic E-state index is 0.710. The summed E-state index contributed by atoms with van der Waals surface area (Å²) in [6.45, 7) is 4.58. The summed E-state index contributed by atoms with van der Waals surface area (Å²) in [5.41, 5.74) is 7.79. The number of hydrogen-bond donors (Lipinski definition) is 1. The molecule has 0 radical (unpaired) electrons. The van der Waals surface area contributed by atoms with Crippen molar-refractivity contribution in [2.24, 2.45) is 5.92 Å². The molecule has 1 aliphatic rings. The zero-order chi connectivity index (χ0) is 13.0. The highest BCUT2D eigenvalue weighted by Gasteiger charge is 2.19. The highest BCUT2D eigenvalue weighted by atomic mass is 16.5. The van der Waals surface area contributed by atoms with Gasteiger partial charge in [-0.2, -0.15) is 0 Å². The van der Waals surface area contributed by atoms with E-state index in [0.29, 0.717) is 5.69 Å². The maximum atomic E-state index is 5.85. The fourth-order valence-electron chi connectivity index (χ4n) is 2.78. The molecule has 0 saturated carbocycles. The van der Waals surface area contributed by atoms with E-state index >= 15 is 0 Å². The number of rotatable bonds is 4. The van der Waals surface area contributed by atoms with E-state index in [4.69, 9.17) is 10.5 Å². The van der Waals surface area contributed by atoms with Crippen LogP contribution in [0, 0.1) is 5.92 Å². The Bertz CT molecular complexity index is 384. The van der Waals surface area contributed by atoms with E-state index < -0.39 is 0 Å². The van der Waals surface area contributed by atoms with Crippen LogP contribution in [0.2, 0.25) is 0 Å². The van der Waals surface area contributed by atoms with Crippen LogP contribution in [-0.4, -0.2) is 20.2 Å². The van der Waals surface area contributed by atoms with Gasteiger partial charge in [-0.05, 0) is 30.9 Å². The van der Waals surface area contributed by atoms with Gasteiger partial charge in [0, 0.05) is 24.8 Å². The normalized spacial score (nSPS) is 16.9. The van der Waals surface area contributed by atoms with Gasteiger partial charge >= 0.3 is 0 Å². The molecule has 1 heterocycles. The SMILES string of the molecule is CCCC1CCN(c2ccc(N)c(OC)c2)CC1. The maximum absolute atomic E-state index is 5.85. The molecular weight excluding hydrogens is 224 g/mol. The topological polar surface area (TPSA) is 38.5 Å². The summed E-state index contributed by atoms with van der Waals surface area (Å²) in [4.78, 5) is 2.44. The summed E-state index contributed by atoms with van der Waals surface area (Å²) >= 11 is 0. The van der Waals surface area contributed by atoms with Crippen molar-refractivity contribution in [1.82, 2.24) is 0 Å². The van der Waals surface area contributed by atoms with E-state index in [9.17, 15) is 0 Å². The van der Waals surface area contributed by atoms with Crippen molar-refractivity contribution in [1.29, 1.82) is 0 Å². The van der Waals surface area contributed by atoms with Crippen LogP contribution in [0.3, 0.4) is 0 Å². The molecule has 1 aromatic rings. The first-order chi connectivity index (χ1) is 8.74. The number of nitrogens with two attached hydrogens (primary N) is 1. The van der Waals surface area contributed by atoms with Gasteiger partial charge in [0.05, 0.1) is 12.8 Å². The Labute approximate surface area is 110 Å². The van der Waals surface area contributed by atoms with Gasteiger partial charge < -0.3 is 15.4 Å². The Morgan fingerprint density at radius 1 is 1.33 bits per heavy atom. The van der Waals surface area contributed by atoms with Crippen molar-refractivity contribution in [3.05, 3.63) is 18.2 Å². The molecule has 0 aliphatic carbocycles. The van der Waals surface area contributed by atoms with E-state index in [1.165, 1.54) is 31.4 Å². The Hall–Kier alpha value is -1.38. The van der Waals surface area contributed by atoms with Crippen molar-refractivity contribution in [2.45, 2.75) is 32.6 Å². The number of hydrogen-bond acceptors (Lipinski definition) is 3. The lowest BCUT2D eigenvalue weighted by Crippen LogP contribution is -2.33. The first-order valence-corrected chi connectivity index (χ1v) is 6.93. The van der Waals surface area contributed by atoms with Gasteiger partial charge in [-0.25, -0.2) is 0 Å². The molecule has 3 heteroatoms. The first-order valence-electron chi connectivity index (χ1n) is 6.93. The summed E-state index contributed by atoms with van der Waals surface area (Å²) in [7, 11) is 1.67. The number of nitrogens with zero attached hydrogens (tertiary/aromatic N) is 1. The Morgan fingerprint density at radius 3 is 2.67 bits per heavy atom. The molecule has 0 bridgehead atoms. The fourth-order valence-corrected chi connectivity index (χ4v) is 2.78. The minimum absolute atomic E-state index is 0.710. The molecule has 0 aromatic heterocycles. The average Bonchev–Trinajstić information content (AvgIpc) is 2.41. The largest absolute Gasteiger partial charge is 0.495 e. The number of nitrogen functional groups attached to an aromatic ring is 1. The second-order valence-corrected chi connectivity index (χ2v) is 5.15. The minimum Gasteiger partial charge on any atom is -0.495 e. The third-order valence-electron chi connectivity index (χ3n) is 3.89. The van der Waals surface area contributed by atoms with Gasteiger partial charge in [-0.1, -0.05) is 19.8 Å². The molecule has 2 rings (SSSR count). The fraction of sp³-hybridized carbons (Fsp3) is 0.600. The summed E-state index contributed by atoms with van der Waals surface area (Å²) in [5.74, 6) is 1.70. The third kappa shape index (κ3) is 2.89. The molecule has 1 aliphatic heterocycles. The standard InChI is InChI=1S/C15H24N2O/c1-3-4-12-7-9-17(10-8-12)13-5-6-14(16)15(11-13)18-2/h5-6,11-12H,3-4,7-10,16H2,1-2H3. The van der Waals surface area contributed by atoms with Crippen LogP contribution in [0.4, 0.5) is 11.4 Å². The van der Waals surface area contributed by atoms with Gasteiger partial charge in [0.2, 0.25) is 0 Å². The van der Waals surface area contributed by atoms with Gasteiger partial charge in [-0.3, -0.25) is 0 Å². The first kappa shape index (κ1) is 13.1. The van der Waals surface area contributed by atoms with Gasteiger partial charge in [0.1, 0.15) is 5.75 Å². The second-order valence-electron chi connectivity index (χ2n) is 5.15. The van der Waals surface area contributed by atoms with Crippen LogP contribution in [0.15, 0.2) is 18.2 Å². The van der Waals surface area contributed by atoms with E-state index in [0.717, 1.165) is 24.8 Å². The molecule has 1 saturated heterocycles. The molecule has 100 valence electrons. The smallest absolute Gasteiger partial charge is 0.143 e. The molecule has 0 atom stereocenters. The molecule has 1 aromatic carbocycles. The molecule has 18 heavy (non-hydrogen) atoms. The van der Waals surface area contributed by atoms with Crippen molar-refractivity contribution in [2.75, 3.05) is 30.8 Å². The molecular formula is C15H24N2O. The lowest BCUT2D eigenvalue weighted by atomic mass is 9.92. The maximum Gasteiger partial charge on any atom is 0.143 e. The summed E-state index contributed by atoms with van der Waals surface area (Å²) in [6.07, 6.45) is 5.29. The van der Waals surface area contributed by atoms with Crippen LogP contribution in [-0.2, 0) is 0 Å². The van der Waals surface area contributed by atoms with Crippen molar-refractivity contribution < 1.29 is 4.74 Å². The summed E-state index contributed by atoms with van der Waals surface area (Å²) < 4.78 is 5.28. The van der Waals surface area contributed by atoms with Gasteiger partial charge in [-0.15, -0.1) is 0 Å². The van der Waals surface area contributed by atoms with Crippen molar-refractivity contribution >= 4 is 11.4 Å². The number of methoxy groups -OCH3 is 1. The van der Waals surface area contributed by atoms with E-state index in [1.54, 1.807) is 7.11 Å². The zero-order valence-electron chi connectivity index (χ0n) is 11.5. The number of benzene rings is 1. The lowest BCUT2D eigenvalue weighted by molar-refractivity contribution is 0.378. The van der Waals surface area contributed by atoms with E-state index in [2.05, 4.69) is 24.0 Å². The highest BCUT2D eigenvalue weighted by Crippen LogP contribution is 2.30. The Kier molecular flexibility index (Phi) is 4.34. The van der Waals surface area contributed by atoms with Crippen LogP contribution in [0.1, 0.15) is 32.6 Å². The van der Waals surface area contributed by atoms with E-state index in [1.807, 2.05) is 6.07 Å². The van der Waals surface area contributed by atoms with Gasteiger partial charge in [0.25, 0.3) is 0 Å². The van der Waals surface area contributed by atoms with Crippen molar-refractivity contribution in [3.63, 3.8) is 0 Å². The monoisotopic (exact) mass is 248 g/mol. The van der Waals surface area contributed by atoms with Crippen LogP contribution < -0.4 is 15.4 Å².